The van der Waals surface area contributed by atoms with Crippen LogP contribution in [0.15, 0.2) is 64.9 Å². The van der Waals surface area contributed by atoms with E-state index in [2.05, 4.69) is 53.7 Å². The summed E-state index contributed by atoms with van der Waals surface area (Å²) in [7, 11) is 0. The van der Waals surface area contributed by atoms with E-state index < -0.39 is 0 Å². The van der Waals surface area contributed by atoms with Crippen LogP contribution >= 0.6 is 11.3 Å². The van der Waals surface area contributed by atoms with Crippen LogP contribution in [0, 0.1) is 0 Å². The third-order valence-corrected chi connectivity index (χ3v) is 6.83. The second kappa shape index (κ2) is 9.53. The average Bonchev–Trinajstić information content (AvgIpc) is 3.59. The summed E-state index contributed by atoms with van der Waals surface area (Å²) >= 11 is 1.74. The lowest BCUT2D eigenvalue weighted by molar-refractivity contribution is 0.176. The smallest absolute Gasteiger partial charge is 0.174 e. The van der Waals surface area contributed by atoms with Gasteiger partial charge in [0.15, 0.2) is 5.82 Å². The second-order valence-corrected chi connectivity index (χ2v) is 9.02. The van der Waals surface area contributed by atoms with E-state index in [1.165, 1.54) is 24.1 Å². The van der Waals surface area contributed by atoms with Gasteiger partial charge in [0.25, 0.3) is 0 Å². The first-order valence-corrected chi connectivity index (χ1v) is 11.7. The first kappa shape index (κ1) is 20.1. The highest BCUT2D eigenvalue weighted by Gasteiger charge is 2.32. The van der Waals surface area contributed by atoms with Crippen LogP contribution in [0.1, 0.15) is 66.2 Å². The molecule has 31 heavy (non-hydrogen) atoms. The summed E-state index contributed by atoms with van der Waals surface area (Å²) in [5.41, 5.74) is 1.15. The molecule has 5 rings (SSSR count). The Balaban J connectivity index is 1.55. The molecular weight excluding hydrogens is 408 g/mol. The molecule has 0 N–H and O–H groups in total. The highest BCUT2D eigenvalue weighted by Crippen LogP contribution is 2.36. The zero-order valence-corrected chi connectivity index (χ0v) is 18.2. The average molecular weight is 435 g/mol. The molecule has 160 valence electrons. The molecule has 4 aromatic heterocycles. The van der Waals surface area contributed by atoms with Gasteiger partial charge in [0.2, 0.25) is 0 Å². The van der Waals surface area contributed by atoms with E-state index in [0.717, 1.165) is 30.0 Å². The van der Waals surface area contributed by atoms with Gasteiger partial charge in [-0.15, -0.1) is 16.4 Å². The summed E-state index contributed by atoms with van der Waals surface area (Å²) in [5.74, 6) is 1.83. The lowest BCUT2D eigenvalue weighted by Crippen LogP contribution is -2.32. The summed E-state index contributed by atoms with van der Waals surface area (Å²) in [6.07, 6.45) is 11.5. The van der Waals surface area contributed by atoms with Crippen molar-refractivity contribution in [2.24, 2.45) is 0 Å². The molecule has 0 aromatic carbocycles. The monoisotopic (exact) mass is 434 g/mol. The van der Waals surface area contributed by atoms with E-state index in [0.29, 0.717) is 19.1 Å². The van der Waals surface area contributed by atoms with Crippen molar-refractivity contribution in [3.63, 3.8) is 0 Å². The number of aromatic nitrogens is 5. The number of thiophene rings is 1. The van der Waals surface area contributed by atoms with E-state index in [4.69, 9.17) is 4.42 Å². The lowest BCUT2D eigenvalue weighted by Gasteiger charge is -2.31. The predicted molar refractivity (Wildman–Crippen MR) is 118 cm³/mol. The molecule has 1 fully saturated rings. The molecule has 0 spiro atoms. The first-order valence-electron chi connectivity index (χ1n) is 10.8. The van der Waals surface area contributed by atoms with E-state index in [1.54, 1.807) is 23.8 Å². The fraction of sp³-hybridized carbons (Fsp3) is 0.391. The second-order valence-electron chi connectivity index (χ2n) is 8.04. The SMILES string of the molecule is c1cncc(CN(Cc2ccco2)C(c2cccs2)c2nnnn2C2CCCCC2)c1. The number of tetrazole rings is 1. The van der Waals surface area contributed by atoms with Crippen LogP contribution in [-0.4, -0.2) is 30.1 Å². The van der Waals surface area contributed by atoms with Crippen molar-refractivity contribution in [3.05, 3.63) is 82.5 Å². The number of furan rings is 1. The van der Waals surface area contributed by atoms with Gasteiger partial charge in [0.1, 0.15) is 11.8 Å². The standard InChI is InChI=1S/C23H26N6OS/c1-2-8-19(9-3-1)29-23(25-26-27-29)22(21-11-6-14-31-21)28(17-20-10-5-13-30-20)16-18-7-4-12-24-15-18/h4-7,10-15,19,22H,1-3,8-9,16-17H2. The summed E-state index contributed by atoms with van der Waals surface area (Å²) in [4.78, 5) is 7.92. The number of hydrogen-bond donors (Lipinski definition) is 0. The van der Waals surface area contributed by atoms with Crippen molar-refractivity contribution in [2.75, 3.05) is 0 Å². The number of pyridine rings is 1. The summed E-state index contributed by atoms with van der Waals surface area (Å²) in [6.45, 7) is 1.37. The van der Waals surface area contributed by atoms with E-state index in [9.17, 15) is 0 Å². The largest absolute Gasteiger partial charge is 0.468 e. The Bertz CT molecular complexity index is 1040. The minimum atomic E-state index is -0.0674. The van der Waals surface area contributed by atoms with Crippen molar-refractivity contribution < 1.29 is 4.42 Å². The zero-order valence-electron chi connectivity index (χ0n) is 17.4. The quantitative estimate of drug-likeness (QED) is 0.388. The molecule has 0 radical (unpaired) electrons. The molecule has 7 nitrogen and oxygen atoms in total. The molecule has 1 unspecified atom stereocenters. The van der Waals surface area contributed by atoms with Gasteiger partial charge in [-0.1, -0.05) is 31.4 Å². The van der Waals surface area contributed by atoms with E-state index in [1.807, 2.05) is 24.4 Å². The fourth-order valence-corrected chi connectivity index (χ4v) is 5.31. The van der Waals surface area contributed by atoms with E-state index in [-0.39, 0.29) is 6.04 Å². The van der Waals surface area contributed by atoms with Crippen molar-refractivity contribution in [2.45, 2.75) is 57.3 Å². The molecular formula is C23H26N6OS. The molecule has 1 saturated carbocycles. The minimum absolute atomic E-state index is 0.0674. The highest BCUT2D eigenvalue weighted by molar-refractivity contribution is 7.10. The molecule has 1 atom stereocenters. The van der Waals surface area contributed by atoms with Crippen LogP contribution < -0.4 is 0 Å². The van der Waals surface area contributed by atoms with Crippen molar-refractivity contribution >= 4 is 11.3 Å². The maximum absolute atomic E-state index is 5.72. The Morgan fingerprint density at radius 1 is 1.10 bits per heavy atom. The number of hydrogen-bond acceptors (Lipinski definition) is 7. The minimum Gasteiger partial charge on any atom is -0.468 e. The molecule has 1 aliphatic rings. The number of rotatable bonds is 8. The van der Waals surface area contributed by atoms with Gasteiger partial charge in [-0.3, -0.25) is 9.88 Å². The zero-order chi connectivity index (χ0) is 20.9. The summed E-state index contributed by atoms with van der Waals surface area (Å²) in [5, 5.41) is 15.3. The molecule has 0 aliphatic heterocycles. The summed E-state index contributed by atoms with van der Waals surface area (Å²) < 4.78 is 7.81. The Labute approximate surface area is 185 Å². The Hall–Kier alpha value is -2.84. The van der Waals surface area contributed by atoms with Crippen LogP contribution in [0.5, 0.6) is 0 Å². The molecule has 0 saturated heterocycles. The van der Waals surface area contributed by atoms with Crippen LogP contribution in [0.25, 0.3) is 0 Å². The topological polar surface area (TPSA) is 72.9 Å². The first-order chi connectivity index (χ1) is 15.4. The van der Waals surface area contributed by atoms with Crippen molar-refractivity contribution in [1.29, 1.82) is 0 Å². The van der Waals surface area contributed by atoms with Crippen molar-refractivity contribution in [3.8, 4) is 0 Å². The van der Waals surface area contributed by atoms with E-state index >= 15 is 0 Å². The fourth-order valence-electron chi connectivity index (χ4n) is 4.45. The summed E-state index contributed by atoms with van der Waals surface area (Å²) in [6, 6.07) is 12.6. The van der Waals surface area contributed by atoms with Crippen LogP contribution in [0.4, 0.5) is 0 Å². The third kappa shape index (κ3) is 4.60. The van der Waals surface area contributed by atoms with Gasteiger partial charge in [-0.25, -0.2) is 4.68 Å². The Kier molecular flexibility index (Phi) is 6.18. The maximum Gasteiger partial charge on any atom is 0.174 e. The van der Waals surface area contributed by atoms with Crippen molar-refractivity contribution in [1.82, 2.24) is 30.1 Å². The maximum atomic E-state index is 5.72. The lowest BCUT2D eigenvalue weighted by atomic mass is 9.95. The molecule has 1 aliphatic carbocycles. The van der Waals surface area contributed by atoms with Crippen LogP contribution in [0.3, 0.4) is 0 Å². The number of nitrogens with zero attached hydrogens (tertiary/aromatic N) is 6. The van der Waals surface area contributed by atoms with Gasteiger partial charge in [0.05, 0.1) is 18.8 Å². The van der Waals surface area contributed by atoms with Crippen LogP contribution in [0.2, 0.25) is 0 Å². The molecule has 0 amide bonds. The van der Waals surface area contributed by atoms with Gasteiger partial charge in [-0.05, 0) is 58.5 Å². The van der Waals surface area contributed by atoms with Gasteiger partial charge < -0.3 is 4.42 Å². The molecule has 4 heterocycles. The third-order valence-electron chi connectivity index (χ3n) is 5.91. The van der Waals surface area contributed by atoms with Gasteiger partial charge in [0, 0.05) is 23.8 Å². The normalized spacial score (nSPS) is 16.0. The van der Waals surface area contributed by atoms with Gasteiger partial charge >= 0.3 is 0 Å². The van der Waals surface area contributed by atoms with Gasteiger partial charge in [-0.2, -0.15) is 0 Å². The molecule has 4 aromatic rings. The predicted octanol–water partition coefficient (Wildman–Crippen LogP) is 5.02. The molecule has 8 heteroatoms. The highest BCUT2D eigenvalue weighted by atomic mass is 32.1. The van der Waals surface area contributed by atoms with Crippen LogP contribution in [-0.2, 0) is 13.1 Å². The Morgan fingerprint density at radius 3 is 2.77 bits per heavy atom. The Morgan fingerprint density at radius 2 is 2.03 bits per heavy atom. The molecule has 0 bridgehead atoms.